The van der Waals surface area contributed by atoms with E-state index >= 15 is 0 Å². The molecule has 0 aliphatic carbocycles. The Morgan fingerprint density at radius 1 is 0.688 bits per heavy atom. The van der Waals surface area contributed by atoms with Crippen molar-refractivity contribution in [1.82, 2.24) is 4.98 Å². The van der Waals surface area contributed by atoms with Gasteiger partial charge in [-0.05, 0) is 61.9 Å². The van der Waals surface area contributed by atoms with Crippen LogP contribution in [0.1, 0.15) is 77.7 Å². The molecular formula is C30H39NO. The number of pyridine rings is 1. The molecule has 0 saturated carbocycles. The Morgan fingerprint density at radius 2 is 1.34 bits per heavy atom. The average Bonchev–Trinajstić information content (AvgIpc) is 2.83. The van der Waals surface area contributed by atoms with Gasteiger partial charge in [0.1, 0.15) is 5.75 Å². The van der Waals surface area contributed by atoms with E-state index in [1.165, 1.54) is 61.6 Å². The Morgan fingerprint density at radius 3 is 2.00 bits per heavy atom. The molecule has 0 unspecified atom stereocenters. The molecular weight excluding hydrogens is 390 g/mol. The smallest absolute Gasteiger partial charge is 0.119 e. The van der Waals surface area contributed by atoms with Gasteiger partial charge in [-0.25, -0.2) is 0 Å². The highest BCUT2D eigenvalue weighted by atomic mass is 16.5. The number of nitrogens with zero attached hydrogens (tertiary/aromatic N) is 1. The molecule has 0 aliphatic rings. The molecule has 0 amide bonds. The molecule has 0 N–H and O–H groups in total. The van der Waals surface area contributed by atoms with Crippen molar-refractivity contribution in [3.8, 4) is 28.1 Å². The van der Waals surface area contributed by atoms with Crippen LogP contribution in [-0.2, 0) is 6.42 Å². The molecule has 0 radical (unpaired) electrons. The van der Waals surface area contributed by atoms with E-state index in [0.29, 0.717) is 0 Å². The second-order valence-corrected chi connectivity index (χ2v) is 8.89. The molecule has 0 fully saturated rings. The summed E-state index contributed by atoms with van der Waals surface area (Å²) in [5, 5.41) is 0. The second-order valence-electron chi connectivity index (χ2n) is 8.89. The normalized spacial score (nSPS) is 12.0. The molecule has 32 heavy (non-hydrogen) atoms. The van der Waals surface area contributed by atoms with Gasteiger partial charge in [0.15, 0.2) is 0 Å². The number of hydrogen-bond acceptors (Lipinski definition) is 2. The van der Waals surface area contributed by atoms with E-state index in [-0.39, 0.29) is 6.10 Å². The fourth-order valence-electron chi connectivity index (χ4n) is 4.03. The molecule has 3 aromatic rings. The Balaban J connectivity index is 1.55. The van der Waals surface area contributed by atoms with Gasteiger partial charge in [-0.1, -0.05) is 88.4 Å². The molecule has 0 bridgehead atoms. The summed E-state index contributed by atoms with van der Waals surface area (Å²) >= 11 is 0. The van der Waals surface area contributed by atoms with Gasteiger partial charge in [-0.2, -0.15) is 0 Å². The van der Waals surface area contributed by atoms with Crippen molar-refractivity contribution >= 4 is 0 Å². The summed E-state index contributed by atoms with van der Waals surface area (Å²) in [5.41, 5.74) is 5.90. The zero-order chi connectivity index (χ0) is 22.6. The third-order valence-electron chi connectivity index (χ3n) is 6.07. The lowest BCUT2D eigenvalue weighted by Gasteiger charge is -2.15. The molecule has 1 atom stereocenters. The van der Waals surface area contributed by atoms with E-state index in [1.54, 1.807) is 0 Å². The zero-order valence-electron chi connectivity index (χ0n) is 20.1. The molecule has 0 spiro atoms. The summed E-state index contributed by atoms with van der Waals surface area (Å²) in [5.74, 6) is 0.945. The first-order valence-electron chi connectivity index (χ1n) is 12.5. The number of hydrogen-bond donors (Lipinski definition) is 0. The number of benzene rings is 2. The summed E-state index contributed by atoms with van der Waals surface area (Å²) in [6.07, 6.45) is 13.5. The first kappa shape index (κ1) is 24.0. The summed E-state index contributed by atoms with van der Waals surface area (Å²) in [6, 6.07) is 21.5. The van der Waals surface area contributed by atoms with Crippen molar-refractivity contribution in [3.05, 3.63) is 72.4 Å². The first-order chi connectivity index (χ1) is 15.7. The lowest BCUT2D eigenvalue weighted by atomic mass is 10.0. The van der Waals surface area contributed by atoms with E-state index in [4.69, 9.17) is 9.72 Å². The van der Waals surface area contributed by atoms with Crippen LogP contribution in [0.4, 0.5) is 0 Å². The quantitative estimate of drug-likeness (QED) is 0.253. The predicted molar refractivity (Wildman–Crippen MR) is 137 cm³/mol. The molecule has 0 saturated heterocycles. The van der Waals surface area contributed by atoms with Gasteiger partial charge < -0.3 is 4.74 Å². The van der Waals surface area contributed by atoms with Crippen molar-refractivity contribution in [2.24, 2.45) is 0 Å². The average molecular weight is 430 g/mol. The maximum absolute atomic E-state index is 6.09. The van der Waals surface area contributed by atoms with Crippen LogP contribution in [0.3, 0.4) is 0 Å². The maximum Gasteiger partial charge on any atom is 0.119 e. The summed E-state index contributed by atoms with van der Waals surface area (Å²) < 4.78 is 6.09. The van der Waals surface area contributed by atoms with Crippen LogP contribution in [0.25, 0.3) is 22.4 Å². The van der Waals surface area contributed by atoms with E-state index in [9.17, 15) is 0 Å². The van der Waals surface area contributed by atoms with Crippen molar-refractivity contribution in [2.45, 2.75) is 84.7 Å². The van der Waals surface area contributed by atoms with Gasteiger partial charge in [0.05, 0.1) is 11.8 Å². The molecule has 2 aromatic carbocycles. The van der Waals surface area contributed by atoms with Crippen molar-refractivity contribution < 1.29 is 4.74 Å². The fourth-order valence-corrected chi connectivity index (χ4v) is 4.03. The van der Waals surface area contributed by atoms with Crippen molar-refractivity contribution in [2.75, 3.05) is 0 Å². The largest absolute Gasteiger partial charge is 0.491 e. The van der Waals surface area contributed by atoms with Crippen LogP contribution in [0.15, 0.2) is 66.9 Å². The van der Waals surface area contributed by atoms with E-state index in [0.717, 1.165) is 29.8 Å². The van der Waals surface area contributed by atoms with Gasteiger partial charge in [-0.15, -0.1) is 0 Å². The van der Waals surface area contributed by atoms with Crippen LogP contribution < -0.4 is 4.74 Å². The van der Waals surface area contributed by atoms with E-state index in [1.807, 2.05) is 6.20 Å². The molecule has 0 aliphatic heterocycles. The lowest BCUT2D eigenvalue weighted by molar-refractivity contribution is 0.206. The van der Waals surface area contributed by atoms with Gasteiger partial charge in [0.2, 0.25) is 0 Å². The SMILES string of the molecule is CCCCCC[C@@H](C)Oc1ccc(-c2ccc(-c3ccc(CCCCC)cc3)nc2)cc1. The van der Waals surface area contributed by atoms with Gasteiger partial charge in [0.25, 0.3) is 0 Å². The summed E-state index contributed by atoms with van der Waals surface area (Å²) in [4.78, 5) is 4.72. The third-order valence-corrected chi connectivity index (χ3v) is 6.07. The van der Waals surface area contributed by atoms with Crippen molar-refractivity contribution in [3.63, 3.8) is 0 Å². The minimum absolute atomic E-state index is 0.261. The highest BCUT2D eigenvalue weighted by molar-refractivity contribution is 5.67. The standard InChI is InChI=1S/C30H39NO/c1-4-6-8-10-11-24(3)32-29-20-17-26(18-21-29)28-19-22-30(31-23-28)27-15-13-25(14-16-27)12-9-7-5-2/h13-24H,4-12H2,1-3H3/t24-/m1/s1. The summed E-state index contributed by atoms with van der Waals surface area (Å²) in [6.45, 7) is 6.66. The maximum atomic E-state index is 6.09. The first-order valence-corrected chi connectivity index (χ1v) is 12.5. The van der Waals surface area contributed by atoms with Gasteiger partial charge >= 0.3 is 0 Å². The van der Waals surface area contributed by atoms with Crippen molar-refractivity contribution in [1.29, 1.82) is 0 Å². The number of unbranched alkanes of at least 4 members (excludes halogenated alkanes) is 5. The molecule has 1 aromatic heterocycles. The zero-order valence-corrected chi connectivity index (χ0v) is 20.1. The van der Waals surface area contributed by atoms with Crippen LogP contribution in [0, 0.1) is 0 Å². The van der Waals surface area contributed by atoms with Gasteiger partial charge in [-0.3, -0.25) is 4.98 Å². The van der Waals surface area contributed by atoms with Gasteiger partial charge in [0, 0.05) is 17.3 Å². The molecule has 170 valence electrons. The lowest BCUT2D eigenvalue weighted by Crippen LogP contribution is -2.11. The van der Waals surface area contributed by atoms with Crippen LogP contribution in [-0.4, -0.2) is 11.1 Å². The highest BCUT2D eigenvalue weighted by Gasteiger charge is 2.06. The van der Waals surface area contributed by atoms with Crippen LogP contribution in [0.5, 0.6) is 5.75 Å². The molecule has 2 nitrogen and oxygen atoms in total. The third kappa shape index (κ3) is 7.51. The number of ether oxygens (including phenoxy) is 1. The fraction of sp³-hybridized carbons (Fsp3) is 0.433. The van der Waals surface area contributed by atoms with Crippen LogP contribution in [0.2, 0.25) is 0 Å². The minimum atomic E-state index is 0.261. The number of rotatable bonds is 13. The Hall–Kier alpha value is -2.61. The molecule has 1 heterocycles. The monoisotopic (exact) mass is 429 g/mol. The minimum Gasteiger partial charge on any atom is -0.491 e. The highest BCUT2D eigenvalue weighted by Crippen LogP contribution is 2.25. The second kappa shape index (κ2) is 13.1. The molecule has 2 heteroatoms. The van der Waals surface area contributed by atoms with Crippen LogP contribution >= 0.6 is 0 Å². The predicted octanol–water partition coefficient (Wildman–Crippen LogP) is 8.89. The molecule has 3 rings (SSSR count). The van der Waals surface area contributed by atoms with E-state index in [2.05, 4.69) is 81.4 Å². The topological polar surface area (TPSA) is 22.1 Å². The Labute approximate surface area is 195 Å². The Bertz CT molecular complexity index is 897. The number of aromatic nitrogens is 1. The summed E-state index contributed by atoms with van der Waals surface area (Å²) in [7, 11) is 0. The number of aryl methyl sites for hydroxylation is 1. The Kier molecular flexibility index (Phi) is 9.81. The van der Waals surface area contributed by atoms with E-state index < -0.39 is 0 Å².